The van der Waals surface area contributed by atoms with E-state index >= 15 is 0 Å². The number of hydrogen-bond donors (Lipinski definition) is 0. The molecule has 1 aromatic rings. The van der Waals surface area contributed by atoms with Gasteiger partial charge in [0.25, 0.3) is 0 Å². The van der Waals surface area contributed by atoms with Crippen LogP contribution in [0.2, 0.25) is 0 Å². The number of ether oxygens (including phenoxy) is 2. The van der Waals surface area contributed by atoms with Crippen molar-refractivity contribution in [3.8, 4) is 0 Å². The number of methoxy groups -OCH3 is 1. The third-order valence-electron chi connectivity index (χ3n) is 3.81. The van der Waals surface area contributed by atoms with E-state index in [9.17, 15) is 9.59 Å². The second kappa shape index (κ2) is 7.02. The molecule has 0 saturated carbocycles. The third kappa shape index (κ3) is 4.98. The molecule has 0 aromatic heterocycles. The van der Waals surface area contributed by atoms with Crippen molar-refractivity contribution in [2.75, 3.05) is 20.2 Å². The highest BCUT2D eigenvalue weighted by Gasteiger charge is 2.29. The number of likely N-dealkylation sites (tertiary alicyclic amines) is 1. The Labute approximate surface area is 137 Å². The first-order valence-electron chi connectivity index (χ1n) is 7.93. The molecule has 0 aliphatic carbocycles. The molecular formula is C18H25NO4. The lowest BCUT2D eigenvalue weighted by atomic mass is 9.97. The Morgan fingerprint density at radius 3 is 2.70 bits per heavy atom. The maximum atomic E-state index is 12.1. The van der Waals surface area contributed by atoms with Crippen LogP contribution in [-0.2, 0) is 15.9 Å². The van der Waals surface area contributed by atoms with Gasteiger partial charge in [-0.25, -0.2) is 9.59 Å². The Morgan fingerprint density at radius 1 is 1.30 bits per heavy atom. The molecule has 1 aliphatic heterocycles. The summed E-state index contributed by atoms with van der Waals surface area (Å²) in [5, 5.41) is 0. The molecule has 5 heteroatoms. The summed E-state index contributed by atoms with van der Waals surface area (Å²) in [6.45, 7) is 7.03. The van der Waals surface area contributed by atoms with Crippen LogP contribution in [0.1, 0.15) is 43.1 Å². The summed E-state index contributed by atoms with van der Waals surface area (Å²) in [5.41, 5.74) is 1.18. The molecule has 0 unspecified atom stereocenters. The molecule has 0 N–H and O–H groups in total. The van der Waals surface area contributed by atoms with Crippen LogP contribution in [0, 0.1) is 5.92 Å². The van der Waals surface area contributed by atoms with E-state index in [0.29, 0.717) is 18.0 Å². The Hall–Kier alpha value is -2.04. The molecule has 126 valence electrons. The first-order valence-corrected chi connectivity index (χ1v) is 7.93. The van der Waals surface area contributed by atoms with Gasteiger partial charge >= 0.3 is 12.1 Å². The number of carbonyl (C=O) groups is 2. The number of carbonyl (C=O) groups excluding carboxylic acids is 2. The predicted octanol–water partition coefficient (Wildman–Crippen LogP) is 3.27. The molecule has 1 atom stereocenters. The topological polar surface area (TPSA) is 55.8 Å². The van der Waals surface area contributed by atoms with Crippen LogP contribution in [0.25, 0.3) is 0 Å². The molecular weight excluding hydrogens is 294 g/mol. The van der Waals surface area contributed by atoms with E-state index in [1.165, 1.54) is 7.11 Å². The highest BCUT2D eigenvalue weighted by molar-refractivity contribution is 5.89. The molecule has 0 bridgehead atoms. The van der Waals surface area contributed by atoms with Crippen molar-refractivity contribution in [2.24, 2.45) is 5.92 Å². The molecule has 0 spiro atoms. The lowest BCUT2D eigenvalue weighted by Crippen LogP contribution is -2.35. The van der Waals surface area contributed by atoms with Gasteiger partial charge in [0, 0.05) is 13.1 Å². The van der Waals surface area contributed by atoms with Crippen molar-refractivity contribution in [2.45, 2.75) is 39.2 Å². The van der Waals surface area contributed by atoms with Crippen LogP contribution in [0.4, 0.5) is 4.79 Å². The first-order chi connectivity index (χ1) is 10.8. The normalized spacial score (nSPS) is 17.9. The average Bonchev–Trinajstić information content (AvgIpc) is 2.93. The van der Waals surface area contributed by atoms with Gasteiger partial charge in [0.15, 0.2) is 0 Å². The fraction of sp³-hybridized carbons (Fsp3) is 0.556. The molecule has 1 aliphatic rings. The molecule has 1 fully saturated rings. The number of esters is 1. The molecule has 1 aromatic carbocycles. The summed E-state index contributed by atoms with van der Waals surface area (Å²) in [6.07, 6.45) is 1.54. The SMILES string of the molecule is COC(=O)c1cccc(C[C@H]2CCN(C(=O)OC(C)(C)C)C2)c1. The van der Waals surface area contributed by atoms with Gasteiger partial charge in [0.1, 0.15) is 5.60 Å². The van der Waals surface area contributed by atoms with E-state index in [4.69, 9.17) is 9.47 Å². The van der Waals surface area contributed by atoms with Gasteiger partial charge < -0.3 is 14.4 Å². The summed E-state index contributed by atoms with van der Waals surface area (Å²) in [7, 11) is 1.38. The van der Waals surface area contributed by atoms with Gasteiger partial charge in [-0.1, -0.05) is 12.1 Å². The highest BCUT2D eigenvalue weighted by atomic mass is 16.6. The summed E-state index contributed by atoms with van der Waals surface area (Å²) in [6, 6.07) is 7.48. The van der Waals surface area contributed by atoms with E-state index in [2.05, 4.69) is 0 Å². The van der Waals surface area contributed by atoms with Crippen LogP contribution >= 0.6 is 0 Å². The predicted molar refractivity (Wildman–Crippen MR) is 87.4 cm³/mol. The quantitative estimate of drug-likeness (QED) is 0.802. The van der Waals surface area contributed by atoms with Crippen LogP contribution in [0.15, 0.2) is 24.3 Å². The van der Waals surface area contributed by atoms with Crippen molar-refractivity contribution >= 4 is 12.1 Å². The maximum absolute atomic E-state index is 12.1. The molecule has 0 radical (unpaired) electrons. The maximum Gasteiger partial charge on any atom is 0.410 e. The van der Waals surface area contributed by atoms with Gasteiger partial charge in [-0.2, -0.15) is 0 Å². The van der Waals surface area contributed by atoms with Gasteiger partial charge in [0.05, 0.1) is 12.7 Å². The van der Waals surface area contributed by atoms with E-state index in [0.717, 1.165) is 24.9 Å². The lowest BCUT2D eigenvalue weighted by molar-refractivity contribution is 0.0288. The zero-order chi connectivity index (χ0) is 17.0. The van der Waals surface area contributed by atoms with Crippen LogP contribution < -0.4 is 0 Å². The Balaban J connectivity index is 1.93. The largest absolute Gasteiger partial charge is 0.465 e. The summed E-state index contributed by atoms with van der Waals surface area (Å²) in [4.78, 5) is 25.4. The van der Waals surface area contributed by atoms with Crippen molar-refractivity contribution in [3.63, 3.8) is 0 Å². The zero-order valence-corrected chi connectivity index (χ0v) is 14.3. The van der Waals surface area contributed by atoms with Gasteiger partial charge in [-0.15, -0.1) is 0 Å². The van der Waals surface area contributed by atoms with E-state index < -0.39 is 5.60 Å². The number of nitrogens with zero attached hydrogens (tertiary/aromatic N) is 1. The van der Waals surface area contributed by atoms with Crippen molar-refractivity contribution in [3.05, 3.63) is 35.4 Å². The van der Waals surface area contributed by atoms with E-state index in [1.54, 1.807) is 11.0 Å². The Morgan fingerprint density at radius 2 is 2.04 bits per heavy atom. The summed E-state index contributed by atoms with van der Waals surface area (Å²) < 4.78 is 10.2. The number of rotatable bonds is 3. The fourth-order valence-corrected chi connectivity index (χ4v) is 2.77. The fourth-order valence-electron chi connectivity index (χ4n) is 2.77. The number of hydrogen-bond acceptors (Lipinski definition) is 4. The van der Waals surface area contributed by atoms with Gasteiger partial charge in [0.2, 0.25) is 0 Å². The average molecular weight is 319 g/mol. The second-order valence-corrected chi connectivity index (χ2v) is 6.98. The van der Waals surface area contributed by atoms with E-state index in [-0.39, 0.29) is 12.1 Å². The summed E-state index contributed by atoms with van der Waals surface area (Å²) >= 11 is 0. The van der Waals surface area contributed by atoms with Crippen molar-refractivity contribution in [1.29, 1.82) is 0 Å². The third-order valence-corrected chi connectivity index (χ3v) is 3.81. The lowest BCUT2D eigenvalue weighted by Gasteiger charge is -2.24. The van der Waals surface area contributed by atoms with E-state index in [1.807, 2.05) is 39.0 Å². The zero-order valence-electron chi connectivity index (χ0n) is 14.3. The van der Waals surface area contributed by atoms with Crippen molar-refractivity contribution in [1.82, 2.24) is 4.90 Å². The standard InChI is InChI=1S/C18H25NO4/c1-18(2,3)23-17(21)19-9-8-14(12-19)10-13-6-5-7-15(11-13)16(20)22-4/h5-7,11,14H,8-10,12H2,1-4H3/t14-/m1/s1. The van der Waals surface area contributed by atoms with Crippen LogP contribution in [0.3, 0.4) is 0 Å². The van der Waals surface area contributed by atoms with Crippen LogP contribution in [0.5, 0.6) is 0 Å². The van der Waals surface area contributed by atoms with Gasteiger partial charge in [-0.05, 0) is 57.2 Å². The Kier molecular flexibility index (Phi) is 5.29. The Bertz CT molecular complexity index is 577. The minimum Gasteiger partial charge on any atom is -0.465 e. The molecule has 1 heterocycles. The van der Waals surface area contributed by atoms with Gasteiger partial charge in [-0.3, -0.25) is 0 Å². The van der Waals surface area contributed by atoms with Crippen LogP contribution in [-0.4, -0.2) is 42.8 Å². The smallest absolute Gasteiger partial charge is 0.410 e. The molecule has 5 nitrogen and oxygen atoms in total. The second-order valence-electron chi connectivity index (χ2n) is 6.98. The first kappa shape index (κ1) is 17.3. The monoisotopic (exact) mass is 319 g/mol. The molecule has 1 amide bonds. The highest BCUT2D eigenvalue weighted by Crippen LogP contribution is 2.23. The summed E-state index contributed by atoms with van der Waals surface area (Å²) in [5.74, 6) is 0.0593. The van der Waals surface area contributed by atoms with Crippen molar-refractivity contribution < 1.29 is 19.1 Å². The molecule has 1 saturated heterocycles. The molecule has 2 rings (SSSR count). The minimum atomic E-state index is -0.468. The molecule has 23 heavy (non-hydrogen) atoms. The minimum absolute atomic E-state index is 0.247. The number of benzene rings is 1. The number of amides is 1.